The predicted octanol–water partition coefficient (Wildman–Crippen LogP) is 4.83. The predicted molar refractivity (Wildman–Crippen MR) is 97.8 cm³/mol. The highest BCUT2D eigenvalue weighted by Gasteiger charge is 2.21. The molecule has 2 aromatic carbocycles. The van der Waals surface area contributed by atoms with E-state index in [9.17, 15) is 22.4 Å². The van der Waals surface area contributed by atoms with Crippen molar-refractivity contribution < 1.29 is 27.1 Å². The monoisotopic (exact) mass is 396 g/mol. The van der Waals surface area contributed by atoms with E-state index in [1.54, 1.807) is 26.3 Å². The number of halogens is 4. The standard InChI is InChI=1S/C20H20F4N2O2/c1-5-26(4)10-25-17-7-6-13(11(2)12(17)3)20(27)28-9-14-15(21)8-16(22)19(24)18(14)23/h6-8,10H,5,9H2,1-4H3. The molecule has 4 nitrogen and oxygen atoms in total. The van der Waals surface area contributed by atoms with Gasteiger partial charge in [-0.15, -0.1) is 0 Å². The maximum atomic E-state index is 13.7. The maximum Gasteiger partial charge on any atom is 0.338 e. The first kappa shape index (κ1) is 21.4. The fraction of sp³-hybridized carbons (Fsp3) is 0.300. The topological polar surface area (TPSA) is 41.9 Å². The van der Waals surface area contributed by atoms with Crippen molar-refractivity contribution in [3.05, 3.63) is 63.7 Å². The zero-order chi connectivity index (χ0) is 21.0. The van der Waals surface area contributed by atoms with Crippen LogP contribution in [0.15, 0.2) is 23.2 Å². The molecule has 2 aromatic rings. The summed E-state index contributed by atoms with van der Waals surface area (Å²) >= 11 is 0. The van der Waals surface area contributed by atoms with Crippen LogP contribution in [0.5, 0.6) is 0 Å². The minimum atomic E-state index is -1.82. The molecule has 0 aromatic heterocycles. The van der Waals surface area contributed by atoms with Crippen LogP contribution in [0.25, 0.3) is 0 Å². The van der Waals surface area contributed by atoms with Crippen LogP contribution in [-0.4, -0.2) is 30.8 Å². The van der Waals surface area contributed by atoms with E-state index in [-0.39, 0.29) is 11.6 Å². The van der Waals surface area contributed by atoms with Gasteiger partial charge in [0.25, 0.3) is 0 Å². The maximum absolute atomic E-state index is 13.7. The van der Waals surface area contributed by atoms with Crippen molar-refractivity contribution in [1.82, 2.24) is 4.90 Å². The summed E-state index contributed by atoms with van der Waals surface area (Å²) < 4.78 is 58.5. The van der Waals surface area contributed by atoms with E-state index in [0.29, 0.717) is 11.3 Å². The molecule has 0 radical (unpaired) electrons. The second-order valence-corrected chi connectivity index (χ2v) is 6.22. The molecule has 0 atom stereocenters. The molecule has 8 heteroatoms. The first-order valence-corrected chi connectivity index (χ1v) is 8.50. The Morgan fingerprint density at radius 1 is 1.11 bits per heavy atom. The molecule has 0 heterocycles. The minimum absolute atomic E-state index is 0.184. The Labute approximate surface area is 160 Å². The summed E-state index contributed by atoms with van der Waals surface area (Å²) in [6.07, 6.45) is 1.66. The van der Waals surface area contributed by atoms with Crippen molar-refractivity contribution in [1.29, 1.82) is 0 Å². The van der Waals surface area contributed by atoms with Gasteiger partial charge in [-0.2, -0.15) is 0 Å². The van der Waals surface area contributed by atoms with E-state index in [1.165, 1.54) is 6.07 Å². The summed E-state index contributed by atoms with van der Waals surface area (Å²) in [5.74, 6) is -7.37. The third-order valence-electron chi connectivity index (χ3n) is 4.43. The van der Waals surface area contributed by atoms with Crippen LogP contribution in [0.2, 0.25) is 0 Å². The number of esters is 1. The lowest BCUT2D eigenvalue weighted by Crippen LogP contribution is -2.14. The van der Waals surface area contributed by atoms with Gasteiger partial charge in [-0.05, 0) is 44.0 Å². The number of ether oxygens (including phenoxy) is 1. The molecule has 0 aliphatic carbocycles. The Morgan fingerprint density at radius 2 is 1.79 bits per heavy atom. The summed E-state index contributed by atoms with van der Waals surface area (Å²) in [7, 11) is 1.87. The van der Waals surface area contributed by atoms with Crippen LogP contribution in [0.3, 0.4) is 0 Å². The lowest BCUT2D eigenvalue weighted by atomic mass is 10.0. The Balaban J connectivity index is 2.21. The third-order valence-corrected chi connectivity index (χ3v) is 4.43. The number of hydrogen-bond acceptors (Lipinski definition) is 3. The highest BCUT2D eigenvalue weighted by molar-refractivity contribution is 5.92. The van der Waals surface area contributed by atoms with E-state index in [4.69, 9.17) is 4.74 Å². The van der Waals surface area contributed by atoms with Crippen LogP contribution < -0.4 is 0 Å². The van der Waals surface area contributed by atoms with Gasteiger partial charge < -0.3 is 9.64 Å². The van der Waals surface area contributed by atoms with Crippen LogP contribution in [0.4, 0.5) is 23.2 Å². The van der Waals surface area contributed by atoms with Gasteiger partial charge >= 0.3 is 5.97 Å². The first-order chi connectivity index (χ1) is 13.2. The lowest BCUT2D eigenvalue weighted by molar-refractivity contribution is 0.0462. The number of carbonyl (C=O) groups is 1. The van der Waals surface area contributed by atoms with Crippen molar-refractivity contribution in [3.63, 3.8) is 0 Å². The zero-order valence-corrected chi connectivity index (χ0v) is 15.9. The van der Waals surface area contributed by atoms with Crippen LogP contribution in [0.1, 0.15) is 34.0 Å². The molecular formula is C20H20F4N2O2. The van der Waals surface area contributed by atoms with Crippen molar-refractivity contribution in [2.24, 2.45) is 4.99 Å². The van der Waals surface area contributed by atoms with Crippen molar-refractivity contribution >= 4 is 18.0 Å². The van der Waals surface area contributed by atoms with Gasteiger partial charge in [0.15, 0.2) is 17.5 Å². The lowest BCUT2D eigenvalue weighted by Gasteiger charge is -2.13. The van der Waals surface area contributed by atoms with Crippen LogP contribution in [-0.2, 0) is 11.3 Å². The molecule has 0 aliphatic heterocycles. The third kappa shape index (κ3) is 4.49. The van der Waals surface area contributed by atoms with Crippen molar-refractivity contribution in [2.45, 2.75) is 27.4 Å². The molecule has 150 valence electrons. The van der Waals surface area contributed by atoms with Gasteiger partial charge in [-0.1, -0.05) is 0 Å². The Kier molecular flexibility index (Phi) is 6.77. The molecule has 0 amide bonds. The molecular weight excluding hydrogens is 376 g/mol. The molecule has 0 bridgehead atoms. The normalized spacial score (nSPS) is 11.1. The van der Waals surface area contributed by atoms with E-state index >= 15 is 0 Å². The number of aliphatic imine (C=N–C) groups is 1. The van der Waals surface area contributed by atoms with Gasteiger partial charge in [-0.3, -0.25) is 0 Å². The van der Waals surface area contributed by atoms with E-state index in [1.807, 2.05) is 18.9 Å². The molecule has 0 saturated carbocycles. The van der Waals surface area contributed by atoms with Crippen LogP contribution in [0, 0.1) is 37.1 Å². The molecule has 0 N–H and O–H groups in total. The van der Waals surface area contributed by atoms with Gasteiger partial charge in [0.2, 0.25) is 0 Å². The smallest absolute Gasteiger partial charge is 0.338 e. The molecule has 28 heavy (non-hydrogen) atoms. The fourth-order valence-corrected chi connectivity index (χ4v) is 2.36. The van der Waals surface area contributed by atoms with Crippen molar-refractivity contribution in [3.8, 4) is 0 Å². The quantitative estimate of drug-likeness (QED) is 0.175. The summed E-state index contributed by atoms with van der Waals surface area (Å²) in [5.41, 5.74) is 1.31. The summed E-state index contributed by atoms with van der Waals surface area (Å²) in [6.45, 7) is 5.35. The summed E-state index contributed by atoms with van der Waals surface area (Å²) in [5, 5.41) is 0. The van der Waals surface area contributed by atoms with Gasteiger partial charge in [-0.25, -0.2) is 27.3 Å². The summed E-state index contributed by atoms with van der Waals surface area (Å²) in [4.78, 5) is 18.5. The van der Waals surface area contributed by atoms with Crippen LogP contribution >= 0.6 is 0 Å². The Bertz CT molecular complexity index is 929. The second-order valence-electron chi connectivity index (χ2n) is 6.22. The zero-order valence-electron chi connectivity index (χ0n) is 15.9. The molecule has 2 rings (SSSR count). The van der Waals surface area contributed by atoms with E-state index in [0.717, 1.165) is 12.1 Å². The highest BCUT2D eigenvalue weighted by Crippen LogP contribution is 2.26. The number of nitrogens with zero attached hydrogens (tertiary/aromatic N) is 2. The fourth-order valence-electron chi connectivity index (χ4n) is 2.36. The second kappa shape index (κ2) is 8.86. The number of benzene rings is 2. The van der Waals surface area contributed by atoms with Gasteiger partial charge in [0, 0.05) is 19.7 Å². The number of carbonyl (C=O) groups excluding carboxylic acids is 1. The van der Waals surface area contributed by atoms with Crippen molar-refractivity contribution in [2.75, 3.05) is 13.6 Å². The largest absolute Gasteiger partial charge is 0.457 e. The van der Waals surface area contributed by atoms with Gasteiger partial charge in [0.1, 0.15) is 12.4 Å². The SMILES string of the molecule is CCN(C)C=Nc1ccc(C(=O)OCc2c(F)cc(F)c(F)c2F)c(C)c1C. The molecule has 0 saturated heterocycles. The molecule has 0 spiro atoms. The van der Waals surface area contributed by atoms with E-state index in [2.05, 4.69) is 4.99 Å². The Hall–Kier alpha value is -2.90. The number of hydrogen-bond donors (Lipinski definition) is 0. The average molecular weight is 396 g/mol. The minimum Gasteiger partial charge on any atom is -0.457 e. The first-order valence-electron chi connectivity index (χ1n) is 8.50. The molecule has 0 unspecified atom stereocenters. The average Bonchev–Trinajstić information content (AvgIpc) is 2.66. The van der Waals surface area contributed by atoms with E-state index < -0.39 is 41.4 Å². The summed E-state index contributed by atoms with van der Waals surface area (Å²) in [6, 6.07) is 3.32. The molecule has 0 fully saturated rings. The highest BCUT2D eigenvalue weighted by atomic mass is 19.2. The number of rotatable bonds is 6. The molecule has 0 aliphatic rings. The van der Waals surface area contributed by atoms with Gasteiger partial charge in [0.05, 0.1) is 23.2 Å². The Morgan fingerprint density at radius 3 is 2.43 bits per heavy atom.